The van der Waals surface area contributed by atoms with Crippen molar-refractivity contribution in [1.82, 2.24) is 0 Å². The van der Waals surface area contributed by atoms with E-state index in [9.17, 15) is 129 Å². The number of rotatable bonds is 14. The fraction of sp³-hybridized carbons (Fsp3) is 0.343. The lowest BCUT2D eigenvalue weighted by Gasteiger charge is -2.45. The normalized spacial score (nSPS) is 15.1. The molecule has 0 heterocycles. The van der Waals surface area contributed by atoms with Crippen LogP contribution in [0.4, 0.5) is 0 Å². The summed E-state index contributed by atoms with van der Waals surface area (Å²) in [6, 6.07) is 5.62. The lowest BCUT2D eigenvalue weighted by atomic mass is 9.59. The van der Waals surface area contributed by atoms with E-state index in [2.05, 4.69) is 27.7 Å². The van der Waals surface area contributed by atoms with Gasteiger partial charge in [0.25, 0.3) is 0 Å². The quantitative estimate of drug-likeness (QED) is 0.129. The molecule has 10 aromatic rings. The number of carboxylic acid groups (broad SMARTS) is 13. The Hall–Kier alpha value is -14.2. The van der Waals surface area contributed by atoms with Crippen molar-refractivity contribution in [2.45, 2.75) is 243 Å². The zero-order valence-corrected chi connectivity index (χ0v) is 79.0. The van der Waals surface area contributed by atoms with Gasteiger partial charge in [0.2, 0.25) is 0 Å². The van der Waals surface area contributed by atoms with Crippen molar-refractivity contribution < 1.29 is 129 Å². The third-order valence-electron chi connectivity index (χ3n) is 28.6. The van der Waals surface area contributed by atoms with Crippen LogP contribution >= 0.6 is 0 Å². The third-order valence-corrected chi connectivity index (χ3v) is 28.6. The number of carboxylic acids is 13. The van der Waals surface area contributed by atoms with Gasteiger partial charge in [0, 0.05) is 55.6 Å². The fourth-order valence-corrected chi connectivity index (χ4v) is 20.5. The number of hydrogen-bond acceptors (Lipinski definition) is 26. The Kier molecular flexibility index (Phi) is 29.5. The Bertz CT molecular complexity index is 6230. The molecule has 0 bridgehead atoms. The molecule has 26 nitrogen and oxygen atoms in total. The van der Waals surface area contributed by atoms with Crippen LogP contribution in [-0.2, 0) is 0 Å². The summed E-state index contributed by atoms with van der Waals surface area (Å²) in [5, 5.41) is 149. The lowest BCUT2D eigenvalue weighted by molar-refractivity contribution is -0.257. The van der Waals surface area contributed by atoms with Crippen LogP contribution in [0.2, 0.25) is 0 Å². The summed E-state index contributed by atoms with van der Waals surface area (Å²) in [5.41, 5.74) is 26.8. The second-order valence-corrected chi connectivity index (χ2v) is 35.0. The average Bonchev–Trinajstić information content (AvgIpc) is 0.695. The number of aromatic carboxylic acids is 13. The first kappa shape index (κ1) is 102. The third kappa shape index (κ3) is 17.4. The van der Waals surface area contributed by atoms with Gasteiger partial charge in [0.05, 0.1) is 77.6 Å². The molecule has 3 aliphatic carbocycles. The van der Waals surface area contributed by atoms with E-state index in [-0.39, 0.29) is 80.0 Å². The Labute approximate surface area is 759 Å². The summed E-state index contributed by atoms with van der Waals surface area (Å²) in [6.45, 7) is 55.2. The minimum absolute atomic E-state index is 0.0327. The van der Waals surface area contributed by atoms with Crippen LogP contribution in [0.15, 0.2) is 30.3 Å². The first-order valence-electron chi connectivity index (χ1n) is 42.1. The molecule has 3 aliphatic rings. The summed E-state index contributed by atoms with van der Waals surface area (Å²) in [6.07, 6.45) is 0. The van der Waals surface area contributed by atoms with E-state index < -0.39 is 94.3 Å². The van der Waals surface area contributed by atoms with Gasteiger partial charge < -0.3 is 129 Å². The molecule has 10 aromatic carbocycles. The molecule has 690 valence electrons. The van der Waals surface area contributed by atoms with Crippen molar-refractivity contribution in [1.29, 1.82) is 0 Å². The van der Waals surface area contributed by atoms with Gasteiger partial charge in [-0.3, -0.25) is 0 Å². The minimum atomic E-state index is -1.68. The monoisotopic (exact) mass is 1780 g/mol. The van der Waals surface area contributed by atoms with Gasteiger partial charge in [-0.2, -0.15) is 0 Å². The van der Waals surface area contributed by atoms with E-state index in [0.717, 1.165) is 140 Å². The molecule has 0 aliphatic heterocycles. The molecule has 0 saturated carbocycles. The van der Waals surface area contributed by atoms with Crippen molar-refractivity contribution in [3.05, 3.63) is 270 Å². The Morgan fingerprint density at radius 2 is 0.328 bits per heavy atom. The van der Waals surface area contributed by atoms with Gasteiger partial charge >= 0.3 is 0 Å². The topological polar surface area (TPSA) is 522 Å². The first-order valence-corrected chi connectivity index (χ1v) is 42.1. The molecule has 0 spiro atoms. The summed E-state index contributed by atoms with van der Waals surface area (Å²) in [5.74, 6) is -16.8. The zero-order valence-electron chi connectivity index (χ0n) is 79.0. The number of carbonyl (C=O) groups excluding carboxylic acids is 13. The highest BCUT2D eigenvalue weighted by molar-refractivity contribution is 6.14. The van der Waals surface area contributed by atoms with Crippen LogP contribution in [0.3, 0.4) is 0 Å². The molecule has 13 rings (SSSR count). The first-order chi connectivity index (χ1) is 60.4. The van der Waals surface area contributed by atoms with Gasteiger partial charge in [0.1, 0.15) is 0 Å². The fourth-order valence-electron chi connectivity index (χ4n) is 20.5. The summed E-state index contributed by atoms with van der Waals surface area (Å²) in [4.78, 5) is 147. The Morgan fingerprint density at radius 3 is 0.519 bits per heavy atom. The van der Waals surface area contributed by atoms with Crippen molar-refractivity contribution in [3.8, 4) is 22.3 Å². The number of benzene rings is 10. The molecule has 0 N–H and O–H groups in total. The standard InChI is InChI=1S/C26H30O4.C22H26O4.C18H20O4.C16H16O4.C14H16O4.C9H6O6/c1-9-10(2)18-14(6)22(26(29)30)16(8)20-12(4)11(3)19-15(7)21(25(27)28)13(5)17(9)23(19)24(18)20;1-9-13(5)19(21(23)24)14(6)10(2)17(9)18-11(3)15(7)20(22(25)26)16(8)12(18)4;1-7-9(3)15(17(19)20)12(6)14-8(2)10(4)16(18(21)22)11(5)13(7)14;1-7-5-11-12(6-8(7)2)14(16(19)20)10(4)9(3)13(11)15(17)18;1-5-6(2)10-9(5)11(13(15)16)7(3)8(4)12(10)14(17)18;10-7(11)4-1-5(8(12)13)3-6(2-4)9(14)15/h9-12H,1-8H3,(H,27,28)(H,29,30);1-8H3,(H,23,24)(H,25,26);1-6H3,(H,19,20)(H,21,22);5-6H,1-4H3,(H,17,18)(H,19,20);5-6H,1-4H3,(H,15,16)(H,17,18);1-3H,(H,10,11)(H,12,13)(H,14,15)/p-13. The summed E-state index contributed by atoms with van der Waals surface area (Å²) < 4.78 is 0. The van der Waals surface area contributed by atoms with Crippen LogP contribution < -0.4 is 66.4 Å². The highest BCUT2D eigenvalue weighted by Gasteiger charge is 2.44. The van der Waals surface area contributed by atoms with E-state index >= 15 is 0 Å². The lowest BCUT2D eigenvalue weighted by Crippen LogP contribution is -2.36. The van der Waals surface area contributed by atoms with Gasteiger partial charge in [-0.1, -0.05) is 53.7 Å². The van der Waals surface area contributed by atoms with Crippen LogP contribution in [0, 0.1) is 166 Å². The predicted molar refractivity (Wildman–Crippen MR) is 465 cm³/mol. The van der Waals surface area contributed by atoms with Crippen LogP contribution in [0.1, 0.15) is 379 Å². The van der Waals surface area contributed by atoms with E-state index in [1.54, 1.807) is 95.2 Å². The predicted octanol–water partition coefficient (Wildman–Crippen LogP) is 5.55. The molecule has 6 unspecified atom stereocenters. The Balaban J connectivity index is 0.000000197. The molecule has 26 heteroatoms. The minimum Gasteiger partial charge on any atom is -0.545 e. The second-order valence-electron chi connectivity index (χ2n) is 35.0. The highest BCUT2D eigenvalue weighted by atomic mass is 16.4. The zero-order chi connectivity index (χ0) is 100.0. The molecular formula is C105H101O26-13. The van der Waals surface area contributed by atoms with Crippen molar-refractivity contribution >= 4 is 99.1 Å². The SMILES string of the molecule is Cc1c(C(=O)[O-])c(C)c2c(C)c(C)c(C(=O)[O-])c(C)c2c1C.Cc1c(C(=O)[O-])c(C)c2c3c1C(C)C(C)c1c(C)c(C(=O)[O-])c(C)c(c1-3)C(C)C2C.Cc1c(C)c(-c2c(C)c(C)c(C(=O)[O-])c(C)c2C)c(C)c(C)c1C(=O)[O-].Cc1c(C)c(C(=O)[O-])c2c(c1C(=O)[O-])C(C)C2C.Cc1cc2c(C(=O)[O-])c(C)c(C)c(C(=O)[O-])c2cc1C.O=C([O-])c1cc(C(=O)[O-])cc(C(=O)[O-])c1. The molecule has 131 heavy (non-hydrogen) atoms. The van der Waals surface area contributed by atoms with Crippen LogP contribution in [-0.4, -0.2) is 77.6 Å². The van der Waals surface area contributed by atoms with Crippen LogP contribution in [0.25, 0.3) is 43.8 Å². The van der Waals surface area contributed by atoms with E-state index in [1.165, 1.54) is 0 Å². The average molecular weight is 1780 g/mol. The van der Waals surface area contributed by atoms with E-state index in [1.807, 2.05) is 96.9 Å². The Morgan fingerprint density at radius 1 is 0.168 bits per heavy atom. The maximum absolute atomic E-state index is 12.1. The number of hydrogen-bond donors (Lipinski definition) is 0. The maximum Gasteiger partial charge on any atom is 0.0724 e. The number of aryl methyl sites for hydroxylation is 6. The van der Waals surface area contributed by atoms with Crippen molar-refractivity contribution in [2.24, 2.45) is 0 Å². The maximum atomic E-state index is 12.1. The largest absolute Gasteiger partial charge is 0.545 e. The van der Waals surface area contributed by atoms with E-state index in [0.29, 0.717) is 99.8 Å². The number of fused-ring (bicyclic) bond motifs is 3. The molecule has 0 saturated heterocycles. The molecule has 6 atom stereocenters. The van der Waals surface area contributed by atoms with Crippen LogP contribution in [0.5, 0.6) is 0 Å². The van der Waals surface area contributed by atoms with E-state index in [4.69, 9.17) is 0 Å². The smallest absolute Gasteiger partial charge is 0.0724 e. The van der Waals surface area contributed by atoms with Gasteiger partial charge in [-0.25, -0.2) is 0 Å². The molecule has 0 aromatic heterocycles. The number of carbonyl (C=O) groups is 13. The van der Waals surface area contributed by atoms with Crippen molar-refractivity contribution in [3.63, 3.8) is 0 Å². The summed E-state index contributed by atoms with van der Waals surface area (Å²) in [7, 11) is 0. The van der Waals surface area contributed by atoms with Gasteiger partial charge in [-0.05, 0) is 447 Å². The molecular weight excluding hydrogens is 1680 g/mol. The molecule has 0 amide bonds. The molecule has 0 fully saturated rings. The summed E-state index contributed by atoms with van der Waals surface area (Å²) >= 11 is 0. The second kappa shape index (κ2) is 37.9. The van der Waals surface area contributed by atoms with Gasteiger partial charge in [-0.15, -0.1) is 0 Å². The van der Waals surface area contributed by atoms with Crippen molar-refractivity contribution in [2.75, 3.05) is 0 Å². The highest BCUT2D eigenvalue weighted by Crippen LogP contribution is 2.61. The molecule has 0 radical (unpaired) electrons. The van der Waals surface area contributed by atoms with Gasteiger partial charge in [0.15, 0.2) is 0 Å².